The highest BCUT2D eigenvalue weighted by atomic mass is 15.2. The van der Waals surface area contributed by atoms with Crippen molar-refractivity contribution >= 4 is 0 Å². The molecule has 54 valence electrons. The van der Waals surface area contributed by atoms with Gasteiger partial charge in [-0.3, -0.25) is 16.3 Å². The maximum absolute atomic E-state index is 5.23. The van der Waals surface area contributed by atoms with E-state index in [-0.39, 0.29) is 6.04 Å². The fourth-order valence-corrected chi connectivity index (χ4v) is 0.728. The molecule has 0 amide bonds. The Hall–Kier alpha value is -0.930. The number of nitrogens with zero attached hydrogens (tertiary/aromatic N) is 1. The lowest BCUT2D eigenvalue weighted by Gasteiger charge is -2.07. The molecule has 0 saturated carbocycles. The van der Waals surface area contributed by atoms with E-state index in [4.69, 9.17) is 5.84 Å². The standard InChI is InChI=1S/C7H11N3/c1-6(10-8)7-3-2-4-9-5-7/h2-6,10H,8H2,1H3/t6-/m0/s1. The molecule has 3 N–H and O–H groups in total. The van der Waals surface area contributed by atoms with Gasteiger partial charge >= 0.3 is 0 Å². The Morgan fingerprint density at radius 2 is 2.50 bits per heavy atom. The maximum Gasteiger partial charge on any atom is 0.0447 e. The van der Waals surface area contributed by atoms with E-state index in [1.54, 1.807) is 12.4 Å². The van der Waals surface area contributed by atoms with Crippen molar-refractivity contribution in [2.24, 2.45) is 5.84 Å². The molecule has 1 aromatic heterocycles. The van der Waals surface area contributed by atoms with E-state index < -0.39 is 0 Å². The van der Waals surface area contributed by atoms with Crippen LogP contribution in [-0.2, 0) is 0 Å². The summed E-state index contributed by atoms with van der Waals surface area (Å²) in [5.74, 6) is 5.23. The van der Waals surface area contributed by atoms with E-state index in [0.29, 0.717) is 0 Å². The summed E-state index contributed by atoms with van der Waals surface area (Å²) in [5.41, 5.74) is 3.74. The molecule has 0 spiro atoms. The second-order valence-electron chi connectivity index (χ2n) is 2.17. The van der Waals surface area contributed by atoms with Gasteiger partial charge in [-0.1, -0.05) is 6.07 Å². The van der Waals surface area contributed by atoms with E-state index in [1.807, 2.05) is 19.1 Å². The molecule has 0 bridgehead atoms. The highest BCUT2D eigenvalue weighted by Crippen LogP contribution is 2.06. The Morgan fingerprint density at radius 1 is 1.70 bits per heavy atom. The molecule has 0 aliphatic heterocycles. The first-order valence-electron chi connectivity index (χ1n) is 3.20. The summed E-state index contributed by atoms with van der Waals surface area (Å²) in [6.45, 7) is 1.98. The number of nitrogens with one attached hydrogen (secondary N) is 1. The Kier molecular flexibility index (Phi) is 2.36. The van der Waals surface area contributed by atoms with Crippen LogP contribution in [0, 0.1) is 0 Å². The van der Waals surface area contributed by atoms with Crippen LogP contribution in [0.1, 0.15) is 18.5 Å². The predicted molar refractivity (Wildman–Crippen MR) is 40.0 cm³/mol. The van der Waals surface area contributed by atoms with Gasteiger partial charge in [0.25, 0.3) is 0 Å². The van der Waals surface area contributed by atoms with Gasteiger partial charge in [-0.15, -0.1) is 0 Å². The van der Waals surface area contributed by atoms with Gasteiger partial charge in [0.1, 0.15) is 0 Å². The van der Waals surface area contributed by atoms with Crippen molar-refractivity contribution in [3.8, 4) is 0 Å². The number of hydrazine groups is 1. The molecular formula is C7H11N3. The molecule has 0 fully saturated rings. The molecule has 1 rings (SSSR count). The first kappa shape index (κ1) is 7.18. The van der Waals surface area contributed by atoms with Gasteiger partial charge in [0.2, 0.25) is 0 Å². The number of nitrogens with two attached hydrogens (primary N) is 1. The molecule has 1 aromatic rings. The van der Waals surface area contributed by atoms with Crippen molar-refractivity contribution in [3.05, 3.63) is 30.1 Å². The van der Waals surface area contributed by atoms with Crippen LogP contribution >= 0.6 is 0 Å². The largest absolute Gasteiger partial charge is 0.271 e. The number of aromatic nitrogens is 1. The highest BCUT2D eigenvalue weighted by molar-refractivity contribution is 5.12. The Bertz CT molecular complexity index is 185. The third-order valence-electron chi connectivity index (χ3n) is 1.43. The fourth-order valence-electron chi connectivity index (χ4n) is 0.728. The van der Waals surface area contributed by atoms with Crippen molar-refractivity contribution < 1.29 is 0 Å². The second-order valence-corrected chi connectivity index (χ2v) is 2.17. The third-order valence-corrected chi connectivity index (χ3v) is 1.43. The highest BCUT2D eigenvalue weighted by Gasteiger charge is 1.99. The average molecular weight is 137 g/mol. The van der Waals surface area contributed by atoms with E-state index in [1.165, 1.54) is 0 Å². The summed E-state index contributed by atoms with van der Waals surface area (Å²) in [5, 5.41) is 0. The summed E-state index contributed by atoms with van der Waals surface area (Å²) < 4.78 is 0. The van der Waals surface area contributed by atoms with Crippen LogP contribution in [0.15, 0.2) is 24.5 Å². The molecule has 10 heavy (non-hydrogen) atoms. The minimum atomic E-state index is 0.175. The minimum Gasteiger partial charge on any atom is -0.271 e. The Labute approximate surface area is 60.2 Å². The van der Waals surface area contributed by atoms with Crippen molar-refractivity contribution in [2.45, 2.75) is 13.0 Å². The molecular weight excluding hydrogens is 126 g/mol. The molecule has 0 aliphatic rings. The van der Waals surface area contributed by atoms with E-state index in [0.717, 1.165) is 5.56 Å². The van der Waals surface area contributed by atoms with Gasteiger partial charge in [0.05, 0.1) is 0 Å². The monoisotopic (exact) mass is 137 g/mol. The third kappa shape index (κ3) is 1.52. The Morgan fingerprint density at radius 3 is 3.00 bits per heavy atom. The fraction of sp³-hybridized carbons (Fsp3) is 0.286. The second kappa shape index (κ2) is 3.29. The normalized spacial score (nSPS) is 13.0. The maximum atomic E-state index is 5.23. The van der Waals surface area contributed by atoms with Crippen LogP contribution in [0.5, 0.6) is 0 Å². The number of hydrogen-bond acceptors (Lipinski definition) is 3. The minimum absolute atomic E-state index is 0.175. The average Bonchev–Trinajstić information content (AvgIpc) is 2.05. The van der Waals surface area contributed by atoms with Crippen LogP contribution in [-0.4, -0.2) is 4.98 Å². The molecule has 0 radical (unpaired) electrons. The molecule has 0 unspecified atom stereocenters. The molecule has 3 nitrogen and oxygen atoms in total. The van der Waals surface area contributed by atoms with Crippen LogP contribution in [0.2, 0.25) is 0 Å². The Balaban J connectivity index is 2.75. The van der Waals surface area contributed by atoms with Crippen molar-refractivity contribution in [1.29, 1.82) is 0 Å². The zero-order valence-electron chi connectivity index (χ0n) is 5.91. The molecule has 0 saturated heterocycles. The van der Waals surface area contributed by atoms with Gasteiger partial charge in [-0.25, -0.2) is 0 Å². The molecule has 1 atom stereocenters. The van der Waals surface area contributed by atoms with Crippen LogP contribution < -0.4 is 11.3 Å². The lowest BCUT2D eigenvalue weighted by Crippen LogP contribution is -2.25. The lowest BCUT2D eigenvalue weighted by atomic mass is 10.2. The predicted octanol–water partition coefficient (Wildman–Crippen LogP) is 0.606. The summed E-state index contributed by atoms with van der Waals surface area (Å²) in [7, 11) is 0. The summed E-state index contributed by atoms with van der Waals surface area (Å²) in [4.78, 5) is 3.96. The molecule has 0 aromatic carbocycles. The van der Waals surface area contributed by atoms with Gasteiger partial charge in [-0.05, 0) is 18.6 Å². The molecule has 0 aliphatic carbocycles. The quantitative estimate of drug-likeness (QED) is 0.463. The lowest BCUT2D eigenvalue weighted by molar-refractivity contribution is 0.600. The summed E-state index contributed by atoms with van der Waals surface area (Å²) >= 11 is 0. The SMILES string of the molecule is C[C@H](NN)c1cccnc1. The first-order chi connectivity index (χ1) is 4.84. The van der Waals surface area contributed by atoms with E-state index >= 15 is 0 Å². The van der Waals surface area contributed by atoms with Crippen LogP contribution in [0.4, 0.5) is 0 Å². The number of rotatable bonds is 2. The number of hydrogen-bond donors (Lipinski definition) is 2. The summed E-state index contributed by atoms with van der Waals surface area (Å²) in [6.07, 6.45) is 3.54. The van der Waals surface area contributed by atoms with Crippen LogP contribution in [0.3, 0.4) is 0 Å². The first-order valence-corrected chi connectivity index (χ1v) is 3.20. The smallest absolute Gasteiger partial charge is 0.0447 e. The number of pyridine rings is 1. The van der Waals surface area contributed by atoms with Crippen molar-refractivity contribution in [1.82, 2.24) is 10.4 Å². The molecule has 1 heterocycles. The van der Waals surface area contributed by atoms with E-state index in [9.17, 15) is 0 Å². The summed E-state index contributed by atoms with van der Waals surface area (Å²) in [6, 6.07) is 4.05. The van der Waals surface area contributed by atoms with Gasteiger partial charge < -0.3 is 0 Å². The topological polar surface area (TPSA) is 50.9 Å². The zero-order chi connectivity index (χ0) is 7.40. The van der Waals surface area contributed by atoms with E-state index in [2.05, 4.69) is 10.4 Å². The van der Waals surface area contributed by atoms with Gasteiger partial charge in [0.15, 0.2) is 0 Å². The molecule has 3 heteroatoms. The van der Waals surface area contributed by atoms with Crippen molar-refractivity contribution in [3.63, 3.8) is 0 Å². The van der Waals surface area contributed by atoms with Crippen LogP contribution in [0.25, 0.3) is 0 Å². The van der Waals surface area contributed by atoms with Crippen molar-refractivity contribution in [2.75, 3.05) is 0 Å². The zero-order valence-corrected chi connectivity index (χ0v) is 5.91. The van der Waals surface area contributed by atoms with Gasteiger partial charge in [-0.2, -0.15) is 0 Å². The van der Waals surface area contributed by atoms with Gasteiger partial charge in [0, 0.05) is 18.4 Å².